The normalized spacial score (nSPS) is 17.5. The van der Waals surface area contributed by atoms with Crippen LogP contribution in [0.15, 0.2) is 54.2 Å². The number of benzene rings is 2. The van der Waals surface area contributed by atoms with Crippen LogP contribution in [-0.4, -0.2) is 50.1 Å². The van der Waals surface area contributed by atoms with Crippen LogP contribution < -0.4 is 9.64 Å². The van der Waals surface area contributed by atoms with Crippen molar-refractivity contribution in [3.05, 3.63) is 65.4 Å². The number of amides is 2. The number of carbonyl (C=O) groups is 2. The van der Waals surface area contributed by atoms with E-state index in [-0.39, 0.29) is 11.8 Å². The molecule has 6 nitrogen and oxygen atoms in total. The molecule has 144 valence electrons. The standard InChI is InChI=1S/C22H22N2O4/c1-15-3-7-17(8-4-15)24-21(25)19(16-5-9-18(27-2)10-6-16)20(22(24)26)23-11-13-28-14-12-23/h3-10H,11-14H2,1-2H3. The average molecular weight is 378 g/mol. The van der Waals surface area contributed by atoms with Gasteiger partial charge in [0.2, 0.25) is 0 Å². The van der Waals surface area contributed by atoms with Crippen LogP contribution in [0.4, 0.5) is 5.69 Å². The Morgan fingerprint density at radius 3 is 2.14 bits per heavy atom. The minimum Gasteiger partial charge on any atom is -0.497 e. The summed E-state index contributed by atoms with van der Waals surface area (Å²) >= 11 is 0. The van der Waals surface area contributed by atoms with Crippen LogP contribution in [0.2, 0.25) is 0 Å². The smallest absolute Gasteiger partial charge is 0.282 e. The fourth-order valence-electron chi connectivity index (χ4n) is 3.54. The molecule has 1 fully saturated rings. The summed E-state index contributed by atoms with van der Waals surface area (Å²) in [4.78, 5) is 29.9. The number of rotatable bonds is 4. The van der Waals surface area contributed by atoms with Gasteiger partial charge < -0.3 is 14.4 Å². The van der Waals surface area contributed by atoms with Crippen molar-refractivity contribution in [2.45, 2.75) is 6.92 Å². The van der Waals surface area contributed by atoms with Gasteiger partial charge in [-0.25, -0.2) is 4.90 Å². The molecule has 0 radical (unpaired) electrons. The van der Waals surface area contributed by atoms with Crippen molar-refractivity contribution in [2.75, 3.05) is 38.3 Å². The Balaban J connectivity index is 1.80. The number of imide groups is 1. The molecule has 0 spiro atoms. The van der Waals surface area contributed by atoms with Crippen molar-refractivity contribution in [3.63, 3.8) is 0 Å². The van der Waals surface area contributed by atoms with Crippen LogP contribution in [0, 0.1) is 6.92 Å². The second-order valence-corrected chi connectivity index (χ2v) is 6.83. The van der Waals surface area contributed by atoms with Crippen LogP contribution in [0.25, 0.3) is 5.57 Å². The lowest BCUT2D eigenvalue weighted by Gasteiger charge is -2.29. The van der Waals surface area contributed by atoms with Gasteiger partial charge in [0.25, 0.3) is 11.8 Å². The minimum atomic E-state index is -0.305. The molecule has 4 rings (SSSR count). The highest BCUT2D eigenvalue weighted by atomic mass is 16.5. The second kappa shape index (κ2) is 7.48. The number of aryl methyl sites for hydroxylation is 1. The van der Waals surface area contributed by atoms with E-state index in [1.807, 2.05) is 36.1 Å². The molecule has 2 amide bonds. The van der Waals surface area contributed by atoms with Crippen molar-refractivity contribution in [1.82, 2.24) is 4.90 Å². The Labute approximate surface area is 164 Å². The predicted molar refractivity (Wildman–Crippen MR) is 106 cm³/mol. The summed E-state index contributed by atoms with van der Waals surface area (Å²) in [5.74, 6) is 0.103. The van der Waals surface area contributed by atoms with Gasteiger partial charge in [0.1, 0.15) is 11.4 Å². The van der Waals surface area contributed by atoms with E-state index in [2.05, 4.69) is 0 Å². The first-order valence-electron chi connectivity index (χ1n) is 9.27. The summed E-state index contributed by atoms with van der Waals surface area (Å²) < 4.78 is 10.6. The number of hydrogen-bond donors (Lipinski definition) is 0. The Hall–Kier alpha value is -3.12. The zero-order valence-electron chi connectivity index (χ0n) is 16.0. The Kier molecular flexibility index (Phi) is 4.88. The van der Waals surface area contributed by atoms with Crippen molar-refractivity contribution < 1.29 is 19.1 Å². The maximum atomic E-state index is 13.4. The topological polar surface area (TPSA) is 59.1 Å². The lowest BCUT2D eigenvalue weighted by atomic mass is 10.0. The molecule has 0 N–H and O–H groups in total. The van der Waals surface area contributed by atoms with Gasteiger partial charge in [0, 0.05) is 13.1 Å². The lowest BCUT2D eigenvalue weighted by Crippen LogP contribution is -2.40. The Morgan fingerprint density at radius 1 is 0.893 bits per heavy atom. The summed E-state index contributed by atoms with van der Waals surface area (Å²) in [7, 11) is 1.59. The van der Waals surface area contributed by atoms with Gasteiger partial charge in [-0.1, -0.05) is 29.8 Å². The Morgan fingerprint density at radius 2 is 1.54 bits per heavy atom. The van der Waals surface area contributed by atoms with Gasteiger partial charge in [-0.15, -0.1) is 0 Å². The molecule has 0 unspecified atom stereocenters. The summed E-state index contributed by atoms with van der Waals surface area (Å²) in [6.45, 7) is 4.19. The molecule has 0 bridgehead atoms. The summed E-state index contributed by atoms with van der Waals surface area (Å²) in [6.07, 6.45) is 0. The van der Waals surface area contributed by atoms with Crippen molar-refractivity contribution in [3.8, 4) is 5.75 Å². The third-order valence-electron chi connectivity index (χ3n) is 5.06. The van der Waals surface area contributed by atoms with E-state index in [1.54, 1.807) is 31.4 Å². The van der Waals surface area contributed by atoms with Crippen LogP contribution in [0.1, 0.15) is 11.1 Å². The fourth-order valence-corrected chi connectivity index (χ4v) is 3.54. The monoisotopic (exact) mass is 378 g/mol. The van der Waals surface area contributed by atoms with E-state index < -0.39 is 0 Å². The SMILES string of the molecule is COc1ccc(C2=C(N3CCOCC3)C(=O)N(c3ccc(C)cc3)C2=O)cc1. The van der Waals surface area contributed by atoms with Gasteiger partial charge in [-0.2, -0.15) is 0 Å². The van der Waals surface area contributed by atoms with E-state index in [1.165, 1.54) is 4.90 Å². The molecule has 0 saturated carbocycles. The molecule has 1 saturated heterocycles. The maximum Gasteiger partial charge on any atom is 0.282 e. The van der Waals surface area contributed by atoms with Crippen molar-refractivity contribution >= 4 is 23.1 Å². The molecular formula is C22H22N2O4. The zero-order valence-corrected chi connectivity index (χ0v) is 16.0. The number of methoxy groups -OCH3 is 1. The third-order valence-corrected chi connectivity index (χ3v) is 5.06. The van der Waals surface area contributed by atoms with E-state index in [9.17, 15) is 9.59 Å². The molecule has 2 aromatic rings. The molecule has 2 aliphatic heterocycles. The maximum absolute atomic E-state index is 13.4. The number of carbonyl (C=O) groups excluding carboxylic acids is 2. The third kappa shape index (κ3) is 3.16. The molecule has 0 atom stereocenters. The highest BCUT2D eigenvalue weighted by Gasteiger charge is 2.42. The van der Waals surface area contributed by atoms with E-state index in [0.717, 1.165) is 5.56 Å². The average Bonchev–Trinajstić information content (AvgIpc) is 2.99. The van der Waals surface area contributed by atoms with Crippen LogP contribution in [-0.2, 0) is 14.3 Å². The highest BCUT2D eigenvalue weighted by Crippen LogP contribution is 2.35. The number of nitrogens with zero attached hydrogens (tertiary/aromatic N) is 2. The number of morpholine rings is 1. The van der Waals surface area contributed by atoms with Crippen molar-refractivity contribution in [2.24, 2.45) is 0 Å². The van der Waals surface area contributed by atoms with Crippen molar-refractivity contribution in [1.29, 1.82) is 0 Å². The highest BCUT2D eigenvalue weighted by molar-refractivity contribution is 6.45. The summed E-state index contributed by atoms with van der Waals surface area (Å²) in [5.41, 5.74) is 3.22. The lowest BCUT2D eigenvalue weighted by molar-refractivity contribution is -0.121. The molecule has 6 heteroatoms. The van der Waals surface area contributed by atoms with E-state index >= 15 is 0 Å². The molecule has 0 aliphatic carbocycles. The quantitative estimate of drug-likeness (QED) is 0.766. The van der Waals surface area contributed by atoms with Gasteiger partial charge >= 0.3 is 0 Å². The summed E-state index contributed by atoms with van der Waals surface area (Å²) in [6, 6.07) is 14.6. The van der Waals surface area contributed by atoms with E-state index in [0.29, 0.717) is 54.6 Å². The zero-order chi connectivity index (χ0) is 19.7. The molecule has 2 aromatic carbocycles. The number of ether oxygens (including phenoxy) is 2. The van der Waals surface area contributed by atoms with Gasteiger partial charge in [-0.05, 0) is 36.8 Å². The number of hydrogen-bond acceptors (Lipinski definition) is 5. The van der Waals surface area contributed by atoms with E-state index in [4.69, 9.17) is 9.47 Å². The van der Waals surface area contributed by atoms with Gasteiger partial charge in [0.15, 0.2) is 0 Å². The first-order chi connectivity index (χ1) is 13.6. The first-order valence-corrected chi connectivity index (χ1v) is 9.27. The predicted octanol–water partition coefficient (Wildman–Crippen LogP) is 2.62. The summed E-state index contributed by atoms with van der Waals surface area (Å²) in [5, 5.41) is 0. The van der Waals surface area contributed by atoms with Crippen LogP contribution in [0.3, 0.4) is 0 Å². The Bertz CT molecular complexity index is 926. The molecule has 0 aromatic heterocycles. The van der Waals surface area contributed by atoms with Crippen LogP contribution in [0.5, 0.6) is 5.75 Å². The number of anilines is 1. The largest absolute Gasteiger partial charge is 0.497 e. The first kappa shape index (κ1) is 18.3. The minimum absolute atomic E-state index is 0.290. The fraction of sp³-hybridized carbons (Fsp3) is 0.273. The molecule has 28 heavy (non-hydrogen) atoms. The molecular weight excluding hydrogens is 356 g/mol. The van der Waals surface area contributed by atoms with Gasteiger partial charge in [0.05, 0.1) is 31.6 Å². The van der Waals surface area contributed by atoms with Gasteiger partial charge in [-0.3, -0.25) is 9.59 Å². The molecule has 2 heterocycles. The second-order valence-electron chi connectivity index (χ2n) is 6.83. The van der Waals surface area contributed by atoms with Crippen LogP contribution >= 0.6 is 0 Å². The molecule has 2 aliphatic rings.